The van der Waals surface area contributed by atoms with Crippen molar-refractivity contribution >= 4 is 51.1 Å². The van der Waals surface area contributed by atoms with Gasteiger partial charge in [0.05, 0.1) is 5.69 Å². The molecule has 8 aromatic carbocycles. The molecule has 0 aliphatic carbocycles. The van der Waals surface area contributed by atoms with Gasteiger partial charge in [-0.15, -0.1) is 0 Å². The van der Waals surface area contributed by atoms with E-state index in [0.717, 1.165) is 22.6 Å². The van der Waals surface area contributed by atoms with Crippen LogP contribution in [0.4, 0.5) is 17.1 Å². The van der Waals surface area contributed by atoms with Crippen LogP contribution in [0.1, 0.15) is 33.4 Å². The highest BCUT2D eigenvalue weighted by Crippen LogP contribution is 2.41. The van der Waals surface area contributed by atoms with Crippen molar-refractivity contribution in [1.29, 1.82) is 0 Å². The van der Waals surface area contributed by atoms with Crippen molar-refractivity contribution in [3.8, 4) is 0 Å². The van der Waals surface area contributed by atoms with Crippen LogP contribution in [0.2, 0.25) is 0 Å². The van der Waals surface area contributed by atoms with E-state index in [1.165, 1.54) is 49.7 Å². The quantitative estimate of drug-likeness (QED) is 0.103. The Hall–Kier alpha value is -6.96. The highest BCUT2D eigenvalue weighted by Gasteiger charge is 2.17. The minimum atomic E-state index is 1.10. The first-order chi connectivity index (χ1) is 26.3. The molecule has 0 spiro atoms. The molecule has 1 heteroatoms. The van der Waals surface area contributed by atoms with E-state index in [-0.39, 0.29) is 0 Å². The molecule has 0 unspecified atom stereocenters. The molecule has 0 saturated heterocycles. The van der Waals surface area contributed by atoms with Gasteiger partial charge in [0.25, 0.3) is 0 Å². The van der Waals surface area contributed by atoms with Gasteiger partial charge in [0.1, 0.15) is 0 Å². The first kappa shape index (κ1) is 33.2. The highest BCUT2D eigenvalue weighted by atomic mass is 15.1. The maximum absolute atomic E-state index is 2.36. The second-order valence-electron chi connectivity index (χ2n) is 12.9. The van der Waals surface area contributed by atoms with Gasteiger partial charge in [-0.3, -0.25) is 0 Å². The van der Waals surface area contributed by atoms with Gasteiger partial charge in [0, 0.05) is 16.8 Å². The third-order valence-electron chi connectivity index (χ3n) is 9.53. The van der Waals surface area contributed by atoms with Crippen LogP contribution in [0.15, 0.2) is 224 Å². The number of hydrogen-bond donors (Lipinski definition) is 0. The molecule has 0 radical (unpaired) electrons. The molecular weight excluding hydrogens is 639 g/mol. The van der Waals surface area contributed by atoms with Gasteiger partial charge < -0.3 is 4.90 Å². The number of nitrogens with zero attached hydrogens (tertiary/aromatic N) is 1. The number of fused-ring (bicyclic) bond motifs is 1. The predicted molar refractivity (Wildman–Crippen MR) is 227 cm³/mol. The molecule has 0 aromatic heterocycles. The van der Waals surface area contributed by atoms with E-state index >= 15 is 0 Å². The molecule has 0 fully saturated rings. The molecule has 0 bridgehead atoms. The predicted octanol–water partition coefficient (Wildman–Crippen LogP) is 14.0. The molecular formula is C52H39N. The topological polar surface area (TPSA) is 3.24 Å². The molecule has 252 valence electrons. The highest BCUT2D eigenvalue weighted by molar-refractivity contribution is 6.05. The SMILES string of the molecule is C(/C=C/c1ccc(N(c2ccccc2)c2ccc(C=C(c3ccccc3)c3ccccc3)c3ccccc23)cc1)=C(c1ccccc1)c1ccccc1. The van der Waals surface area contributed by atoms with E-state index in [4.69, 9.17) is 0 Å². The van der Waals surface area contributed by atoms with Crippen LogP contribution in [0, 0.1) is 0 Å². The standard InChI is InChI=1S/C52H39N/c1-6-20-41(21-7-1)48(42-22-8-2-9-23-42)32-18-19-40-33-36-47(37-34-40)53(46-28-14-5-15-29-46)52-38-35-45(49-30-16-17-31-50(49)52)39-51(43-24-10-3-11-25-43)44-26-12-4-13-27-44/h1-39H/b19-18+. The van der Waals surface area contributed by atoms with Crippen molar-refractivity contribution in [3.63, 3.8) is 0 Å². The van der Waals surface area contributed by atoms with Crippen LogP contribution in [0.25, 0.3) is 34.1 Å². The zero-order valence-electron chi connectivity index (χ0n) is 29.5. The molecule has 0 heterocycles. The Labute approximate surface area is 312 Å². The third kappa shape index (κ3) is 7.56. The molecule has 8 rings (SSSR count). The van der Waals surface area contributed by atoms with E-state index in [0.29, 0.717) is 0 Å². The molecule has 53 heavy (non-hydrogen) atoms. The van der Waals surface area contributed by atoms with Crippen molar-refractivity contribution in [1.82, 2.24) is 0 Å². The number of benzene rings is 8. The van der Waals surface area contributed by atoms with E-state index in [1.54, 1.807) is 0 Å². The Bertz CT molecular complexity index is 2410. The summed E-state index contributed by atoms with van der Waals surface area (Å²) in [5, 5.41) is 2.39. The van der Waals surface area contributed by atoms with E-state index in [9.17, 15) is 0 Å². The molecule has 0 N–H and O–H groups in total. The number of allylic oxidation sites excluding steroid dienone is 2. The van der Waals surface area contributed by atoms with Crippen LogP contribution in [0.3, 0.4) is 0 Å². The van der Waals surface area contributed by atoms with Gasteiger partial charge in [-0.1, -0.05) is 200 Å². The van der Waals surface area contributed by atoms with Crippen molar-refractivity contribution < 1.29 is 0 Å². The maximum Gasteiger partial charge on any atom is 0.0540 e. The Balaban J connectivity index is 1.17. The zero-order chi connectivity index (χ0) is 35.7. The second-order valence-corrected chi connectivity index (χ2v) is 12.9. The lowest BCUT2D eigenvalue weighted by atomic mass is 9.93. The summed E-state index contributed by atoms with van der Waals surface area (Å²) >= 11 is 0. The Morgan fingerprint density at radius 1 is 0.358 bits per heavy atom. The summed E-state index contributed by atoms with van der Waals surface area (Å²) in [6, 6.07) is 75.2. The van der Waals surface area contributed by atoms with Gasteiger partial charge in [-0.05, 0) is 86.3 Å². The fourth-order valence-electron chi connectivity index (χ4n) is 6.94. The molecule has 0 saturated carbocycles. The summed E-state index contributed by atoms with van der Waals surface area (Å²) in [6.07, 6.45) is 8.87. The first-order valence-corrected chi connectivity index (χ1v) is 18.1. The van der Waals surface area contributed by atoms with Crippen LogP contribution in [-0.4, -0.2) is 0 Å². The van der Waals surface area contributed by atoms with Crippen molar-refractivity contribution in [2.45, 2.75) is 0 Å². The van der Waals surface area contributed by atoms with Crippen molar-refractivity contribution in [2.24, 2.45) is 0 Å². The summed E-state index contributed by atoms with van der Waals surface area (Å²) in [7, 11) is 0. The fraction of sp³-hybridized carbons (Fsp3) is 0. The second kappa shape index (κ2) is 15.9. The third-order valence-corrected chi connectivity index (χ3v) is 9.53. The first-order valence-electron chi connectivity index (χ1n) is 18.1. The summed E-state index contributed by atoms with van der Waals surface area (Å²) in [5.74, 6) is 0. The summed E-state index contributed by atoms with van der Waals surface area (Å²) < 4.78 is 0. The minimum absolute atomic E-state index is 1.10. The smallest absolute Gasteiger partial charge is 0.0540 e. The average molecular weight is 678 g/mol. The average Bonchev–Trinajstić information content (AvgIpc) is 3.24. The largest absolute Gasteiger partial charge is 0.310 e. The van der Waals surface area contributed by atoms with Gasteiger partial charge in [0.15, 0.2) is 0 Å². The number of anilines is 3. The number of hydrogen-bond acceptors (Lipinski definition) is 1. The molecule has 0 aliphatic rings. The summed E-state index contributed by atoms with van der Waals surface area (Å²) in [6.45, 7) is 0. The van der Waals surface area contributed by atoms with Crippen LogP contribution in [-0.2, 0) is 0 Å². The van der Waals surface area contributed by atoms with Crippen LogP contribution >= 0.6 is 0 Å². The number of rotatable bonds is 10. The van der Waals surface area contributed by atoms with E-state index in [1.807, 2.05) is 0 Å². The normalized spacial score (nSPS) is 10.9. The van der Waals surface area contributed by atoms with Gasteiger partial charge >= 0.3 is 0 Å². The minimum Gasteiger partial charge on any atom is -0.310 e. The van der Waals surface area contributed by atoms with Crippen LogP contribution < -0.4 is 4.90 Å². The molecule has 8 aromatic rings. The lowest BCUT2D eigenvalue weighted by Gasteiger charge is -2.27. The molecule has 1 nitrogen and oxygen atoms in total. The number of para-hydroxylation sites is 1. The van der Waals surface area contributed by atoms with E-state index < -0.39 is 0 Å². The van der Waals surface area contributed by atoms with E-state index in [2.05, 4.69) is 242 Å². The van der Waals surface area contributed by atoms with Crippen molar-refractivity contribution in [3.05, 3.63) is 258 Å². The summed E-state index contributed by atoms with van der Waals surface area (Å²) in [5.41, 5.74) is 12.8. The maximum atomic E-state index is 2.36. The van der Waals surface area contributed by atoms with Gasteiger partial charge in [0.2, 0.25) is 0 Å². The zero-order valence-corrected chi connectivity index (χ0v) is 29.5. The lowest BCUT2D eigenvalue weighted by molar-refractivity contribution is 1.29. The van der Waals surface area contributed by atoms with Crippen LogP contribution in [0.5, 0.6) is 0 Å². The molecule has 0 aliphatic heterocycles. The Morgan fingerprint density at radius 2 is 0.792 bits per heavy atom. The Kier molecular flexibility index (Phi) is 9.98. The summed E-state index contributed by atoms with van der Waals surface area (Å²) in [4.78, 5) is 2.36. The van der Waals surface area contributed by atoms with Gasteiger partial charge in [-0.25, -0.2) is 0 Å². The van der Waals surface area contributed by atoms with Crippen molar-refractivity contribution in [2.75, 3.05) is 4.90 Å². The Morgan fingerprint density at radius 3 is 1.32 bits per heavy atom. The monoisotopic (exact) mass is 677 g/mol. The molecule has 0 amide bonds. The van der Waals surface area contributed by atoms with Gasteiger partial charge in [-0.2, -0.15) is 0 Å². The fourth-order valence-corrected chi connectivity index (χ4v) is 6.94. The molecule has 0 atom stereocenters. The lowest BCUT2D eigenvalue weighted by Crippen LogP contribution is -2.10.